The summed E-state index contributed by atoms with van der Waals surface area (Å²) < 4.78 is 11.0. The average Bonchev–Trinajstić information content (AvgIpc) is 2.84. The van der Waals surface area contributed by atoms with Crippen LogP contribution in [-0.4, -0.2) is 53.0 Å². The maximum Gasteiger partial charge on any atom is 0.313 e. The van der Waals surface area contributed by atoms with Gasteiger partial charge in [0.25, 0.3) is 5.91 Å². The first-order valence-electron chi connectivity index (χ1n) is 11.1. The highest BCUT2D eigenvalue weighted by Gasteiger charge is 2.49. The van der Waals surface area contributed by atoms with Gasteiger partial charge in [-0.15, -0.1) is 0 Å². The molecule has 0 radical (unpaired) electrons. The highest BCUT2D eigenvalue weighted by atomic mass is 16.5. The lowest BCUT2D eigenvalue weighted by molar-refractivity contribution is -0.141. The standard InChI is InChI=1S/C24H26N4O6/c1-33-14-10-11-17(20(12-14)34-13-26-27-25)22-21(24(31)32)15-6-2-3-7-16(15)23(30)28(22)18-8-4-5-9-19(18)29/h2-3,6-7,10-12,18-19,21-22,29H,4-5,8-9,13H2,1H3,(H,31,32). The second-order valence-electron chi connectivity index (χ2n) is 8.39. The lowest BCUT2D eigenvalue weighted by Gasteiger charge is -2.47. The molecule has 2 aliphatic rings. The average molecular weight is 466 g/mol. The molecule has 10 nitrogen and oxygen atoms in total. The molecule has 1 fully saturated rings. The molecule has 4 atom stereocenters. The number of ether oxygens (including phenoxy) is 2. The van der Waals surface area contributed by atoms with E-state index in [-0.39, 0.29) is 18.4 Å². The number of benzene rings is 2. The van der Waals surface area contributed by atoms with Crippen molar-refractivity contribution < 1.29 is 29.3 Å². The number of azide groups is 1. The predicted octanol–water partition coefficient (Wildman–Crippen LogP) is 4.01. The van der Waals surface area contributed by atoms with E-state index >= 15 is 0 Å². The van der Waals surface area contributed by atoms with E-state index in [9.17, 15) is 19.8 Å². The van der Waals surface area contributed by atoms with Gasteiger partial charge in [0.15, 0.2) is 6.73 Å². The van der Waals surface area contributed by atoms with Gasteiger partial charge < -0.3 is 24.6 Å². The van der Waals surface area contributed by atoms with Crippen LogP contribution in [0.4, 0.5) is 0 Å². The van der Waals surface area contributed by atoms with Crippen molar-refractivity contribution in [3.05, 3.63) is 69.6 Å². The second-order valence-corrected chi connectivity index (χ2v) is 8.39. The first-order valence-corrected chi connectivity index (χ1v) is 11.1. The summed E-state index contributed by atoms with van der Waals surface area (Å²) in [5, 5.41) is 24.6. The molecule has 0 spiro atoms. The third-order valence-electron chi connectivity index (χ3n) is 6.57. The van der Waals surface area contributed by atoms with E-state index < -0.39 is 30.1 Å². The van der Waals surface area contributed by atoms with E-state index in [2.05, 4.69) is 10.0 Å². The number of aliphatic hydroxyl groups excluding tert-OH is 1. The van der Waals surface area contributed by atoms with Gasteiger partial charge in [0.2, 0.25) is 0 Å². The van der Waals surface area contributed by atoms with Gasteiger partial charge in [0.05, 0.1) is 25.3 Å². The van der Waals surface area contributed by atoms with E-state index in [1.54, 1.807) is 42.5 Å². The largest absolute Gasteiger partial charge is 0.497 e. The number of methoxy groups -OCH3 is 1. The number of rotatable bonds is 7. The topological polar surface area (TPSA) is 145 Å². The number of fused-ring (bicyclic) bond motifs is 1. The second kappa shape index (κ2) is 10.0. The minimum atomic E-state index is -1.10. The first-order chi connectivity index (χ1) is 16.5. The summed E-state index contributed by atoms with van der Waals surface area (Å²) in [6.07, 6.45) is 1.98. The molecule has 4 unspecified atom stereocenters. The molecule has 1 saturated carbocycles. The molecular weight excluding hydrogens is 440 g/mol. The van der Waals surface area contributed by atoms with E-state index in [1.807, 2.05) is 0 Å². The van der Waals surface area contributed by atoms with E-state index in [0.29, 0.717) is 35.3 Å². The Balaban J connectivity index is 1.93. The highest BCUT2D eigenvalue weighted by molar-refractivity contribution is 6.00. The summed E-state index contributed by atoms with van der Waals surface area (Å²) in [5.41, 5.74) is 9.81. The zero-order valence-electron chi connectivity index (χ0n) is 18.7. The molecule has 2 N–H and O–H groups in total. The van der Waals surface area contributed by atoms with Crippen molar-refractivity contribution in [2.24, 2.45) is 5.11 Å². The SMILES string of the molecule is COc1ccc(C2C(C(=O)O)c3ccccc3C(=O)N2C2CCCCC2O)c(OCN=[N+]=[N-])c1. The Hall–Kier alpha value is -3.75. The van der Waals surface area contributed by atoms with Crippen molar-refractivity contribution in [1.82, 2.24) is 4.90 Å². The van der Waals surface area contributed by atoms with Crippen molar-refractivity contribution in [3.63, 3.8) is 0 Å². The van der Waals surface area contributed by atoms with Crippen molar-refractivity contribution in [2.45, 2.75) is 49.8 Å². The number of carboxylic acids is 1. The number of amides is 1. The number of hydrogen-bond donors (Lipinski definition) is 2. The third kappa shape index (κ3) is 4.25. The summed E-state index contributed by atoms with van der Waals surface area (Å²) >= 11 is 0. The van der Waals surface area contributed by atoms with Crippen LogP contribution in [0.15, 0.2) is 47.6 Å². The summed E-state index contributed by atoms with van der Waals surface area (Å²) in [6.45, 7) is -0.322. The van der Waals surface area contributed by atoms with Crippen LogP contribution in [0, 0.1) is 0 Å². The van der Waals surface area contributed by atoms with Crippen molar-refractivity contribution >= 4 is 11.9 Å². The maximum absolute atomic E-state index is 13.8. The zero-order valence-corrected chi connectivity index (χ0v) is 18.7. The number of hydrogen-bond acceptors (Lipinski definition) is 6. The van der Waals surface area contributed by atoms with Crippen molar-refractivity contribution in [3.8, 4) is 11.5 Å². The molecule has 0 bridgehead atoms. The van der Waals surface area contributed by atoms with Crippen LogP contribution < -0.4 is 9.47 Å². The Morgan fingerprint density at radius 3 is 2.68 bits per heavy atom. The Kier molecular flexibility index (Phi) is 6.90. The monoisotopic (exact) mass is 466 g/mol. The van der Waals surface area contributed by atoms with Gasteiger partial charge in [-0.3, -0.25) is 9.59 Å². The Morgan fingerprint density at radius 1 is 1.21 bits per heavy atom. The molecule has 1 aliphatic heterocycles. The van der Waals surface area contributed by atoms with Crippen LogP contribution in [0.5, 0.6) is 11.5 Å². The predicted molar refractivity (Wildman–Crippen MR) is 122 cm³/mol. The van der Waals surface area contributed by atoms with Crippen LogP contribution in [0.2, 0.25) is 0 Å². The summed E-state index contributed by atoms with van der Waals surface area (Å²) in [4.78, 5) is 30.7. The number of carbonyl (C=O) groups is 2. The van der Waals surface area contributed by atoms with Crippen LogP contribution >= 0.6 is 0 Å². The van der Waals surface area contributed by atoms with Crippen LogP contribution in [0.25, 0.3) is 10.4 Å². The fourth-order valence-electron chi connectivity index (χ4n) is 5.06. The molecule has 1 aliphatic carbocycles. The van der Waals surface area contributed by atoms with Crippen molar-refractivity contribution in [2.75, 3.05) is 13.8 Å². The molecule has 2 aromatic carbocycles. The van der Waals surface area contributed by atoms with Crippen LogP contribution in [0.3, 0.4) is 0 Å². The smallest absolute Gasteiger partial charge is 0.313 e. The normalized spacial score (nSPS) is 24.1. The molecular formula is C24H26N4O6. The highest BCUT2D eigenvalue weighted by Crippen LogP contribution is 2.48. The Labute approximate surface area is 196 Å². The third-order valence-corrected chi connectivity index (χ3v) is 6.57. The van der Waals surface area contributed by atoms with E-state index in [1.165, 1.54) is 12.0 Å². The minimum Gasteiger partial charge on any atom is -0.497 e. The fourth-order valence-corrected chi connectivity index (χ4v) is 5.06. The number of nitrogens with zero attached hydrogens (tertiary/aromatic N) is 4. The van der Waals surface area contributed by atoms with Crippen LogP contribution in [0.1, 0.15) is 59.1 Å². The van der Waals surface area contributed by atoms with Gasteiger partial charge in [0.1, 0.15) is 17.4 Å². The first kappa shape index (κ1) is 23.4. The van der Waals surface area contributed by atoms with E-state index in [0.717, 1.165) is 12.8 Å². The molecule has 1 amide bonds. The quantitative estimate of drug-likeness (QED) is 0.358. The molecule has 4 rings (SSSR count). The lowest BCUT2D eigenvalue weighted by atomic mass is 9.77. The number of aliphatic hydroxyl groups is 1. The molecule has 0 aromatic heterocycles. The molecule has 34 heavy (non-hydrogen) atoms. The molecule has 10 heteroatoms. The zero-order chi connectivity index (χ0) is 24.2. The van der Waals surface area contributed by atoms with Gasteiger partial charge >= 0.3 is 5.97 Å². The molecule has 0 saturated heterocycles. The van der Waals surface area contributed by atoms with Crippen LogP contribution in [-0.2, 0) is 4.79 Å². The summed E-state index contributed by atoms with van der Waals surface area (Å²) in [7, 11) is 1.48. The summed E-state index contributed by atoms with van der Waals surface area (Å²) in [6, 6.07) is 10.1. The lowest BCUT2D eigenvalue weighted by Crippen LogP contribution is -2.54. The molecule has 178 valence electrons. The van der Waals surface area contributed by atoms with Gasteiger partial charge in [-0.1, -0.05) is 36.2 Å². The molecule has 1 heterocycles. The van der Waals surface area contributed by atoms with Gasteiger partial charge in [0, 0.05) is 22.1 Å². The van der Waals surface area contributed by atoms with Gasteiger partial charge in [-0.2, -0.15) is 0 Å². The van der Waals surface area contributed by atoms with Crippen molar-refractivity contribution in [1.29, 1.82) is 0 Å². The van der Waals surface area contributed by atoms with Gasteiger partial charge in [-0.25, -0.2) is 0 Å². The Morgan fingerprint density at radius 2 is 1.97 bits per heavy atom. The minimum absolute atomic E-state index is 0.241. The number of carboxylic acid groups (broad SMARTS) is 1. The summed E-state index contributed by atoms with van der Waals surface area (Å²) in [5.74, 6) is -1.83. The van der Waals surface area contributed by atoms with Gasteiger partial charge in [-0.05, 0) is 42.1 Å². The number of aliphatic carboxylic acids is 1. The maximum atomic E-state index is 13.8. The Bertz CT molecular complexity index is 1130. The number of carbonyl (C=O) groups excluding carboxylic acids is 1. The van der Waals surface area contributed by atoms with E-state index in [4.69, 9.17) is 15.0 Å². The molecule has 2 aromatic rings. The fraction of sp³-hybridized carbons (Fsp3) is 0.417.